The van der Waals surface area contributed by atoms with Crippen molar-refractivity contribution in [2.75, 3.05) is 0 Å². The first-order valence-corrected chi connectivity index (χ1v) is 9.06. The molecule has 28 heavy (non-hydrogen) atoms. The summed E-state index contributed by atoms with van der Waals surface area (Å²) in [6.07, 6.45) is -2.60. The van der Waals surface area contributed by atoms with Crippen LogP contribution < -0.4 is 5.32 Å². The van der Waals surface area contributed by atoms with Crippen LogP contribution in [0.4, 0.5) is 4.79 Å². The number of hydrogen-bond acceptors (Lipinski definition) is 3. The Morgan fingerprint density at radius 3 is 1.50 bits per heavy atom. The summed E-state index contributed by atoms with van der Waals surface area (Å²) in [5.74, 6) is 0. The number of rotatable bonds is 7. The molecule has 0 fully saturated rings. The van der Waals surface area contributed by atoms with Gasteiger partial charge in [0.15, 0.2) is 6.29 Å². The molecule has 0 radical (unpaired) electrons. The van der Waals surface area contributed by atoms with E-state index >= 15 is 0 Å². The zero-order chi connectivity index (χ0) is 20.0. The lowest BCUT2D eigenvalue weighted by atomic mass is 9.80. The maximum absolute atomic E-state index is 11.0. The van der Waals surface area contributed by atoms with Crippen molar-refractivity contribution in [3.8, 4) is 0 Å². The molecule has 1 amide bonds. The predicted molar refractivity (Wildman–Crippen MR) is 107 cm³/mol. The molecule has 144 valence electrons. The molecule has 0 aliphatic rings. The molecule has 0 saturated heterocycles. The van der Waals surface area contributed by atoms with Crippen LogP contribution >= 0.6 is 0 Å². The first-order valence-electron chi connectivity index (χ1n) is 9.06. The van der Waals surface area contributed by atoms with Crippen molar-refractivity contribution in [2.45, 2.75) is 24.9 Å². The SMILES string of the molecule is CC(NC(=O)O)[C@@H](O)OC(c1ccccc1)(c1ccccc1)c1ccccc1. The van der Waals surface area contributed by atoms with Crippen molar-refractivity contribution < 1.29 is 19.7 Å². The fourth-order valence-electron chi connectivity index (χ4n) is 3.27. The minimum atomic E-state index is -1.38. The molecule has 5 nitrogen and oxygen atoms in total. The number of aliphatic hydroxyl groups is 1. The van der Waals surface area contributed by atoms with E-state index in [4.69, 9.17) is 9.84 Å². The maximum Gasteiger partial charge on any atom is 0.405 e. The number of amides is 1. The molecule has 3 aromatic carbocycles. The van der Waals surface area contributed by atoms with E-state index in [1.807, 2.05) is 91.0 Å². The average molecular weight is 377 g/mol. The highest BCUT2D eigenvalue weighted by molar-refractivity contribution is 5.64. The van der Waals surface area contributed by atoms with Crippen molar-refractivity contribution in [3.63, 3.8) is 0 Å². The van der Waals surface area contributed by atoms with Crippen LogP contribution in [0.15, 0.2) is 91.0 Å². The van der Waals surface area contributed by atoms with Gasteiger partial charge in [-0.25, -0.2) is 4.79 Å². The minimum Gasteiger partial charge on any atom is -0.465 e. The summed E-state index contributed by atoms with van der Waals surface area (Å²) >= 11 is 0. The van der Waals surface area contributed by atoms with Gasteiger partial charge in [-0.05, 0) is 23.6 Å². The summed E-state index contributed by atoms with van der Waals surface area (Å²) < 4.78 is 6.29. The Kier molecular flexibility index (Phi) is 6.09. The van der Waals surface area contributed by atoms with Crippen molar-refractivity contribution in [3.05, 3.63) is 108 Å². The molecule has 3 aromatic rings. The summed E-state index contributed by atoms with van der Waals surface area (Å²) in [5.41, 5.74) is 1.37. The van der Waals surface area contributed by atoms with Gasteiger partial charge in [0.25, 0.3) is 0 Å². The molecule has 2 atom stereocenters. The molecule has 3 N–H and O–H groups in total. The summed E-state index contributed by atoms with van der Waals surface area (Å²) in [5, 5.41) is 22.0. The number of ether oxygens (including phenoxy) is 1. The van der Waals surface area contributed by atoms with Crippen LogP contribution in [0.25, 0.3) is 0 Å². The fraction of sp³-hybridized carbons (Fsp3) is 0.174. The van der Waals surface area contributed by atoms with Gasteiger partial charge in [-0.3, -0.25) is 0 Å². The highest BCUT2D eigenvalue weighted by atomic mass is 16.6. The molecule has 0 heterocycles. The lowest BCUT2D eigenvalue weighted by Gasteiger charge is -2.38. The normalized spacial score (nSPS) is 13.5. The van der Waals surface area contributed by atoms with E-state index in [1.54, 1.807) is 6.92 Å². The first kappa shape index (κ1) is 19.6. The van der Waals surface area contributed by atoms with Crippen molar-refractivity contribution >= 4 is 6.09 Å². The van der Waals surface area contributed by atoms with Gasteiger partial charge in [0.05, 0.1) is 6.04 Å². The second-order valence-electron chi connectivity index (χ2n) is 6.53. The monoisotopic (exact) mass is 377 g/mol. The molecule has 0 aliphatic carbocycles. The Morgan fingerprint density at radius 1 is 0.821 bits per heavy atom. The Balaban J connectivity index is 2.18. The van der Waals surface area contributed by atoms with Crippen molar-refractivity contribution in [1.82, 2.24) is 5.32 Å². The van der Waals surface area contributed by atoms with Crippen LogP contribution in [0.1, 0.15) is 23.6 Å². The Morgan fingerprint density at radius 2 is 1.18 bits per heavy atom. The highest BCUT2D eigenvalue weighted by Crippen LogP contribution is 2.41. The van der Waals surface area contributed by atoms with E-state index in [0.717, 1.165) is 16.7 Å². The zero-order valence-corrected chi connectivity index (χ0v) is 15.5. The van der Waals surface area contributed by atoms with Gasteiger partial charge < -0.3 is 20.3 Å². The third-order valence-corrected chi connectivity index (χ3v) is 4.62. The molecule has 0 aliphatic heterocycles. The third-order valence-electron chi connectivity index (χ3n) is 4.62. The van der Waals surface area contributed by atoms with Crippen LogP contribution in [0.3, 0.4) is 0 Å². The number of aliphatic hydroxyl groups excluding tert-OH is 1. The topological polar surface area (TPSA) is 78.8 Å². The molecule has 0 saturated carbocycles. The Hall–Kier alpha value is -3.15. The average Bonchev–Trinajstić information content (AvgIpc) is 2.73. The predicted octanol–water partition coefficient (Wildman–Crippen LogP) is 3.97. The van der Waals surface area contributed by atoms with E-state index in [2.05, 4.69) is 5.32 Å². The van der Waals surface area contributed by atoms with Crippen LogP contribution in [0.2, 0.25) is 0 Å². The molecule has 1 unspecified atom stereocenters. The standard InChI is InChI=1S/C23H23NO4/c1-17(24-22(26)27)21(25)28-23(18-11-5-2-6-12-18,19-13-7-3-8-14-19)20-15-9-4-10-16-20/h2-17,21,24-25H,1H3,(H,26,27)/t17?,21-/m0/s1. The second kappa shape index (κ2) is 8.69. The van der Waals surface area contributed by atoms with Crippen molar-refractivity contribution in [1.29, 1.82) is 0 Å². The number of nitrogens with one attached hydrogen (secondary N) is 1. The van der Waals surface area contributed by atoms with Crippen LogP contribution in [-0.4, -0.2) is 28.6 Å². The van der Waals surface area contributed by atoms with Crippen molar-refractivity contribution in [2.24, 2.45) is 0 Å². The number of carboxylic acid groups (broad SMARTS) is 1. The summed E-state index contributed by atoms with van der Waals surface area (Å²) in [7, 11) is 0. The van der Waals surface area contributed by atoms with Gasteiger partial charge in [0, 0.05) is 0 Å². The summed E-state index contributed by atoms with van der Waals surface area (Å²) in [6, 6.07) is 27.9. The first-order chi connectivity index (χ1) is 13.5. The van der Waals surface area contributed by atoms with E-state index in [1.165, 1.54) is 0 Å². The molecule has 0 bridgehead atoms. The van der Waals surface area contributed by atoms with Gasteiger partial charge in [0.2, 0.25) is 0 Å². The Bertz CT molecular complexity index is 788. The van der Waals surface area contributed by atoms with Crippen LogP contribution in [0.5, 0.6) is 0 Å². The van der Waals surface area contributed by atoms with Crippen LogP contribution in [0, 0.1) is 0 Å². The summed E-state index contributed by atoms with van der Waals surface area (Å²) in [6.45, 7) is 1.56. The molecular weight excluding hydrogens is 354 g/mol. The number of hydrogen-bond donors (Lipinski definition) is 3. The minimum absolute atomic E-state index is 0.826. The lowest BCUT2D eigenvalue weighted by Crippen LogP contribution is -2.47. The zero-order valence-electron chi connectivity index (χ0n) is 15.5. The Labute approximate surface area is 164 Å². The van der Waals surface area contributed by atoms with Crippen LogP contribution in [-0.2, 0) is 10.3 Å². The van der Waals surface area contributed by atoms with E-state index in [0.29, 0.717) is 0 Å². The third kappa shape index (κ3) is 4.06. The van der Waals surface area contributed by atoms with Gasteiger partial charge in [0.1, 0.15) is 5.60 Å². The molecule has 0 spiro atoms. The van der Waals surface area contributed by atoms with Gasteiger partial charge >= 0.3 is 6.09 Å². The second-order valence-corrected chi connectivity index (χ2v) is 6.53. The quantitative estimate of drug-likeness (QED) is 0.430. The molecule has 5 heteroatoms. The lowest BCUT2D eigenvalue weighted by molar-refractivity contribution is -0.170. The molecule has 0 aromatic heterocycles. The summed E-state index contributed by atoms with van der Waals surface area (Å²) in [4.78, 5) is 11.0. The highest BCUT2D eigenvalue weighted by Gasteiger charge is 2.40. The van der Waals surface area contributed by atoms with E-state index < -0.39 is 24.0 Å². The molecule has 3 rings (SSSR count). The van der Waals surface area contributed by atoms with E-state index in [9.17, 15) is 9.90 Å². The maximum atomic E-state index is 11.0. The largest absolute Gasteiger partial charge is 0.465 e. The number of carbonyl (C=O) groups is 1. The van der Waals surface area contributed by atoms with Gasteiger partial charge in [-0.2, -0.15) is 0 Å². The smallest absolute Gasteiger partial charge is 0.405 e. The van der Waals surface area contributed by atoms with E-state index in [-0.39, 0.29) is 0 Å². The number of benzene rings is 3. The van der Waals surface area contributed by atoms with Gasteiger partial charge in [-0.1, -0.05) is 91.0 Å². The fourth-order valence-corrected chi connectivity index (χ4v) is 3.27. The molecular formula is C23H23NO4. The van der Waals surface area contributed by atoms with Gasteiger partial charge in [-0.15, -0.1) is 0 Å².